The van der Waals surface area contributed by atoms with Gasteiger partial charge in [-0.2, -0.15) is 0 Å². The summed E-state index contributed by atoms with van der Waals surface area (Å²) in [7, 11) is 0. The monoisotopic (exact) mass is 219 g/mol. The molecule has 0 radical (unpaired) electrons. The molecule has 0 bridgehead atoms. The first kappa shape index (κ1) is 12.0. The summed E-state index contributed by atoms with van der Waals surface area (Å²) < 4.78 is 0. The number of carbonyl (C=O) groups excluding carboxylic acids is 1. The van der Waals surface area contributed by atoms with E-state index in [1.54, 1.807) is 0 Å². The van der Waals surface area contributed by atoms with Crippen molar-refractivity contribution in [2.24, 2.45) is 10.8 Å². The molecular formula is C10H13N5O. The molecule has 1 atom stereocenters. The van der Waals surface area contributed by atoms with Crippen molar-refractivity contribution in [2.45, 2.75) is 6.04 Å². The number of rotatable bonds is 6. The first-order chi connectivity index (χ1) is 7.75. The molecule has 16 heavy (non-hydrogen) atoms. The van der Waals surface area contributed by atoms with E-state index in [2.05, 4.69) is 15.3 Å². The molecule has 0 aliphatic heterocycles. The van der Waals surface area contributed by atoms with E-state index in [-0.39, 0.29) is 6.54 Å². The predicted molar refractivity (Wildman–Crippen MR) is 60.4 cm³/mol. The highest BCUT2D eigenvalue weighted by Crippen LogP contribution is 2.11. The minimum absolute atomic E-state index is 0.285. The highest BCUT2D eigenvalue weighted by molar-refractivity contribution is 5.81. The summed E-state index contributed by atoms with van der Waals surface area (Å²) >= 11 is 0. The molecule has 1 amide bonds. The van der Waals surface area contributed by atoms with Crippen molar-refractivity contribution in [3.63, 3.8) is 0 Å². The van der Waals surface area contributed by atoms with E-state index in [1.165, 1.54) is 0 Å². The second-order valence-electron chi connectivity index (χ2n) is 3.15. The largest absolute Gasteiger partial charge is 0.368 e. The third-order valence-electron chi connectivity index (χ3n) is 2.04. The molecule has 3 N–H and O–H groups in total. The zero-order valence-electron chi connectivity index (χ0n) is 8.71. The van der Waals surface area contributed by atoms with Crippen LogP contribution in [0.2, 0.25) is 0 Å². The maximum atomic E-state index is 11.2. The van der Waals surface area contributed by atoms with Gasteiger partial charge in [0.15, 0.2) is 0 Å². The average Bonchev–Trinajstić information content (AvgIpc) is 2.30. The first-order valence-electron chi connectivity index (χ1n) is 4.84. The molecule has 84 valence electrons. The highest BCUT2D eigenvalue weighted by Gasteiger charge is 2.15. The highest BCUT2D eigenvalue weighted by atomic mass is 16.1. The molecule has 6 heteroatoms. The van der Waals surface area contributed by atoms with E-state index >= 15 is 0 Å². The molecular weight excluding hydrogens is 206 g/mol. The molecule has 1 rings (SSSR count). The van der Waals surface area contributed by atoms with Gasteiger partial charge in [0.25, 0.3) is 0 Å². The minimum Gasteiger partial charge on any atom is -0.368 e. The fraction of sp³-hybridized carbons (Fsp3) is 0.300. The molecule has 0 heterocycles. The first-order valence-corrected chi connectivity index (χ1v) is 4.84. The van der Waals surface area contributed by atoms with Crippen LogP contribution in [0.25, 0.3) is 10.4 Å². The lowest BCUT2D eigenvalue weighted by molar-refractivity contribution is -0.120. The second-order valence-corrected chi connectivity index (χ2v) is 3.15. The molecule has 0 aromatic heterocycles. The molecule has 0 saturated carbocycles. The van der Waals surface area contributed by atoms with Crippen LogP contribution in [0.1, 0.15) is 11.6 Å². The summed E-state index contributed by atoms with van der Waals surface area (Å²) in [6, 6.07) is 8.61. The Kier molecular flexibility index (Phi) is 4.85. The van der Waals surface area contributed by atoms with Gasteiger partial charge in [-0.15, -0.1) is 0 Å². The van der Waals surface area contributed by atoms with Crippen LogP contribution in [-0.4, -0.2) is 19.0 Å². The molecule has 0 aliphatic carbocycles. The van der Waals surface area contributed by atoms with Crippen molar-refractivity contribution in [2.75, 3.05) is 13.1 Å². The Morgan fingerprint density at radius 2 is 2.19 bits per heavy atom. The number of nitrogens with two attached hydrogens (primary N) is 1. The van der Waals surface area contributed by atoms with Crippen LogP contribution in [0, 0.1) is 0 Å². The van der Waals surface area contributed by atoms with Gasteiger partial charge in [0.05, 0.1) is 0 Å². The van der Waals surface area contributed by atoms with Gasteiger partial charge < -0.3 is 11.1 Å². The third kappa shape index (κ3) is 3.61. The van der Waals surface area contributed by atoms with E-state index in [0.29, 0.717) is 6.54 Å². The average molecular weight is 219 g/mol. The third-order valence-corrected chi connectivity index (χ3v) is 2.04. The molecule has 1 unspecified atom stereocenters. The van der Waals surface area contributed by atoms with Crippen LogP contribution in [0.4, 0.5) is 0 Å². The van der Waals surface area contributed by atoms with Gasteiger partial charge in [0.2, 0.25) is 5.91 Å². The number of hydrogen-bond donors (Lipinski definition) is 2. The molecule has 1 aromatic rings. The standard InChI is InChI=1S/C10H13N5O/c11-10(16)9(13-6-7-14-15-12)8-4-2-1-3-5-8/h1-5,9,13H,6-7H2,(H2,11,16). The van der Waals surface area contributed by atoms with Crippen molar-refractivity contribution in [3.8, 4) is 0 Å². The Hall–Kier alpha value is -2.04. The van der Waals surface area contributed by atoms with Gasteiger partial charge in [-0.1, -0.05) is 35.4 Å². The van der Waals surface area contributed by atoms with Crippen molar-refractivity contribution in [3.05, 3.63) is 46.3 Å². The Balaban J connectivity index is 2.62. The number of azide groups is 1. The predicted octanol–water partition coefficient (Wildman–Crippen LogP) is 1.11. The summed E-state index contributed by atoms with van der Waals surface area (Å²) in [4.78, 5) is 13.8. The summed E-state index contributed by atoms with van der Waals surface area (Å²) in [5.74, 6) is -0.452. The van der Waals surface area contributed by atoms with Crippen molar-refractivity contribution in [1.82, 2.24) is 5.32 Å². The van der Waals surface area contributed by atoms with Crippen LogP contribution < -0.4 is 11.1 Å². The van der Waals surface area contributed by atoms with Crippen LogP contribution in [0.5, 0.6) is 0 Å². The number of carbonyl (C=O) groups is 1. The topological polar surface area (TPSA) is 104 Å². The summed E-state index contributed by atoms with van der Waals surface area (Å²) in [5, 5.41) is 6.29. The Labute approximate surface area is 93.1 Å². The van der Waals surface area contributed by atoms with Crippen LogP contribution in [0.15, 0.2) is 35.4 Å². The molecule has 0 aliphatic rings. The maximum Gasteiger partial charge on any atom is 0.239 e. The maximum absolute atomic E-state index is 11.2. The second kappa shape index (κ2) is 6.44. The lowest BCUT2D eigenvalue weighted by Gasteiger charge is -2.14. The number of benzene rings is 1. The number of nitrogens with zero attached hydrogens (tertiary/aromatic N) is 3. The summed E-state index contributed by atoms with van der Waals surface area (Å²) in [5.41, 5.74) is 14.2. The Bertz CT molecular complexity index is 385. The lowest BCUT2D eigenvalue weighted by atomic mass is 10.1. The van der Waals surface area contributed by atoms with Gasteiger partial charge >= 0.3 is 0 Å². The van der Waals surface area contributed by atoms with E-state index in [1.807, 2.05) is 30.3 Å². The summed E-state index contributed by atoms with van der Waals surface area (Å²) in [6.45, 7) is 0.694. The molecule has 0 fully saturated rings. The van der Waals surface area contributed by atoms with Crippen LogP contribution in [0.3, 0.4) is 0 Å². The van der Waals surface area contributed by atoms with E-state index < -0.39 is 11.9 Å². The van der Waals surface area contributed by atoms with Gasteiger partial charge in [-0.3, -0.25) is 4.79 Å². The van der Waals surface area contributed by atoms with Gasteiger partial charge in [-0.25, -0.2) is 0 Å². The molecule has 6 nitrogen and oxygen atoms in total. The number of primary amides is 1. The fourth-order valence-electron chi connectivity index (χ4n) is 1.33. The van der Waals surface area contributed by atoms with E-state index in [0.717, 1.165) is 5.56 Å². The fourth-order valence-corrected chi connectivity index (χ4v) is 1.33. The van der Waals surface area contributed by atoms with Crippen LogP contribution >= 0.6 is 0 Å². The molecule has 0 saturated heterocycles. The Morgan fingerprint density at radius 1 is 1.50 bits per heavy atom. The van der Waals surface area contributed by atoms with Crippen LogP contribution in [-0.2, 0) is 4.79 Å². The van der Waals surface area contributed by atoms with E-state index in [4.69, 9.17) is 11.3 Å². The van der Waals surface area contributed by atoms with Gasteiger partial charge in [0.1, 0.15) is 6.04 Å². The lowest BCUT2D eigenvalue weighted by Crippen LogP contribution is -2.34. The smallest absolute Gasteiger partial charge is 0.239 e. The normalized spacial score (nSPS) is 11.5. The SMILES string of the molecule is [N-]=[N+]=NCCNC(C(N)=O)c1ccccc1. The van der Waals surface area contributed by atoms with E-state index in [9.17, 15) is 4.79 Å². The van der Waals surface area contributed by atoms with Gasteiger partial charge in [0, 0.05) is 18.0 Å². The Morgan fingerprint density at radius 3 is 2.75 bits per heavy atom. The molecule has 1 aromatic carbocycles. The number of amides is 1. The summed E-state index contributed by atoms with van der Waals surface area (Å²) in [6.07, 6.45) is 0. The zero-order valence-corrected chi connectivity index (χ0v) is 8.71. The number of nitrogens with one attached hydrogen (secondary N) is 1. The minimum atomic E-state index is -0.546. The molecule has 0 spiro atoms. The quantitative estimate of drug-likeness (QED) is 0.324. The van der Waals surface area contributed by atoms with Gasteiger partial charge in [-0.05, 0) is 11.1 Å². The zero-order chi connectivity index (χ0) is 11.8. The number of hydrogen-bond acceptors (Lipinski definition) is 3. The van der Waals surface area contributed by atoms with Crippen molar-refractivity contribution in [1.29, 1.82) is 0 Å². The van der Waals surface area contributed by atoms with Crippen molar-refractivity contribution >= 4 is 5.91 Å². The van der Waals surface area contributed by atoms with Crippen molar-refractivity contribution < 1.29 is 4.79 Å².